The summed E-state index contributed by atoms with van der Waals surface area (Å²) in [6, 6.07) is 65.3. The fourth-order valence-corrected chi connectivity index (χ4v) is 9.22. The van der Waals surface area contributed by atoms with E-state index in [4.69, 9.17) is 9.97 Å². The lowest BCUT2D eigenvalue weighted by atomic mass is 9.88. The molecule has 8 aromatic carbocycles. The zero-order valence-electron chi connectivity index (χ0n) is 32.1. The van der Waals surface area contributed by atoms with E-state index in [1.54, 1.807) is 0 Å². The zero-order valence-corrected chi connectivity index (χ0v) is 32.1. The second-order valence-electron chi connectivity index (χ2n) is 15.4. The first-order valence-electron chi connectivity index (χ1n) is 20.2. The quantitative estimate of drug-likeness (QED) is 0.176. The van der Waals surface area contributed by atoms with E-state index in [0.29, 0.717) is 5.95 Å². The predicted molar refractivity (Wildman–Crippen MR) is 245 cm³/mol. The summed E-state index contributed by atoms with van der Waals surface area (Å²) in [4.78, 5) is 13.0. The van der Waals surface area contributed by atoms with Crippen LogP contribution in [0.15, 0.2) is 218 Å². The van der Waals surface area contributed by atoms with Gasteiger partial charge in [-0.05, 0) is 93.2 Å². The molecular formula is C55H36N4. The van der Waals surface area contributed by atoms with E-state index in [1.165, 1.54) is 54.9 Å². The van der Waals surface area contributed by atoms with Crippen LogP contribution in [0.25, 0.3) is 82.7 Å². The minimum absolute atomic E-state index is 0.152. The van der Waals surface area contributed by atoms with Crippen LogP contribution in [-0.4, -0.2) is 14.5 Å². The molecule has 2 bridgehead atoms. The maximum Gasteiger partial charge on any atom is 0.235 e. The molecule has 0 spiro atoms. The normalized spacial score (nSPS) is 14.5. The van der Waals surface area contributed by atoms with Gasteiger partial charge >= 0.3 is 0 Å². The van der Waals surface area contributed by atoms with Crippen molar-refractivity contribution in [1.82, 2.24) is 14.5 Å². The van der Waals surface area contributed by atoms with Crippen LogP contribution in [0.2, 0.25) is 0 Å². The van der Waals surface area contributed by atoms with E-state index >= 15 is 0 Å². The fraction of sp³-hybridized carbons (Fsp3) is 0.0182. The maximum atomic E-state index is 5.48. The van der Waals surface area contributed by atoms with E-state index in [9.17, 15) is 0 Å². The Kier molecular flexibility index (Phi) is 7.57. The van der Waals surface area contributed by atoms with Gasteiger partial charge in [0, 0.05) is 39.0 Å². The Morgan fingerprint density at radius 3 is 1.92 bits per heavy atom. The van der Waals surface area contributed by atoms with Gasteiger partial charge in [0.1, 0.15) is 0 Å². The monoisotopic (exact) mass is 752 g/mol. The molecule has 4 nitrogen and oxygen atoms in total. The summed E-state index contributed by atoms with van der Waals surface area (Å²) in [5.41, 5.74) is 14.6. The second kappa shape index (κ2) is 13.4. The van der Waals surface area contributed by atoms with Crippen LogP contribution in [-0.2, 0) is 0 Å². The summed E-state index contributed by atoms with van der Waals surface area (Å²) in [5, 5.41) is 5.88. The summed E-state index contributed by atoms with van der Waals surface area (Å²) < 4.78 is 2.38. The number of allylic oxidation sites excluding steroid dienone is 5. The lowest BCUT2D eigenvalue weighted by molar-refractivity contribution is 0.977. The molecular weight excluding hydrogens is 717 g/mol. The van der Waals surface area contributed by atoms with Crippen LogP contribution in [0.5, 0.6) is 0 Å². The van der Waals surface area contributed by atoms with Gasteiger partial charge in [-0.3, -0.25) is 4.90 Å². The lowest BCUT2D eigenvalue weighted by Gasteiger charge is -2.33. The first kappa shape index (κ1) is 33.3. The van der Waals surface area contributed by atoms with Crippen molar-refractivity contribution in [2.45, 2.75) is 5.92 Å². The van der Waals surface area contributed by atoms with Crippen molar-refractivity contribution in [2.24, 2.45) is 0 Å². The molecule has 12 rings (SSSR count). The second-order valence-corrected chi connectivity index (χ2v) is 15.4. The minimum Gasteiger partial charge on any atom is -0.309 e. The number of anilines is 2. The molecule has 1 unspecified atom stereocenters. The van der Waals surface area contributed by atoms with Crippen LogP contribution in [0.3, 0.4) is 0 Å². The van der Waals surface area contributed by atoms with Gasteiger partial charge < -0.3 is 4.57 Å². The molecule has 276 valence electrons. The highest BCUT2D eigenvalue weighted by Crippen LogP contribution is 2.46. The van der Waals surface area contributed by atoms with E-state index in [2.05, 4.69) is 222 Å². The van der Waals surface area contributed by atoms with Crippen molar-refractivity contribution in [2.75, 3.05) is 4.90 Å². The smallest absolute Gasteiger partial charge is 0.235 e. The van der Waals surface area contributed by atoms with Gasteiger partial charge in [0.25, 0.3) is 0 Å². The molecule has 0 amide bonds. The fourth-order valence-electron chi connectivity index (χ4n) is 9.22. The third-order valence-electron chi connectivity index (χ3n) is 12.0. The molecule has 0 N–H and O–H groups in total. The van der Waals surface area contributed by atoms with Gasteiger partial charge in [0.2, 0.25) is 5.95 Å². The number of para-hydroxylation sites is 2. The van der Waals surface area contributed by atoms with Crippen molar-refractivity contribution in [1.29, 1.82) is 0 Å². The third-order valence-corrected chi connectivity index (χ3v) is 12.0. The van der Waals surface area contributed by atoms with Crippen LogP contribution in [0.4, 0.5) is 11.6 Å². The van der Waals surface area contributed by atoms with Crippen LogP contribution < -0.4 is 4.90 Å². The molecule has 0 saturated heterocycles. The Morgan fingerprint density at radius 2 is 1.10 bits per heavy atom. The molecule has 2 aliphatic rings. The Balaban J connectivity index is 0.976. The van der Waals surface area contributed by atoms with Gasteiger partial charge in [0.05, 0.1) is 27.9 Å². The van der Waals surface area contributed by atoms with Crippen LogP contribution in [0.1, 0.15) is 11.5 Å². The van der Waals surface area contributed by atoms with Gasteiger partial charge in [-0.2, -0.15) is 0 Å². The van der Waals surface area contributed by atoms with Gasteiger partial charge in [-0.1, -0.05) is 158 Å². The summed E-state index contributed by atoms with van der Waals surface area (Å²) in [6.45, 7) is 0. The van der Waals surface area contributed by atoms with Gasteiger partial charge in [0.15, 0.2) is 0 Å². The molecule has 10 aromatic rings. The van der Waals surface area contributed by atoms with Gasteiger partial charge in [-0.15, -0.1) is 0 Å². The Bertz CT molecular complexity index is 3370. The molecule has 1 atom stereocenters. The van der Waals surface area contributed by atoms with Crippen molar-refractivity contribution < 1.29 is 0 Å². The number of rotatable bonds is 5. The molecule has 1 aliphatic heterocycles. The highest BCUT2D eigenvalue weighted by Gasteiger charge is 2.30. The summed E-state index contributed by atoms with van der Waals surface area (Å²) >= 11 is 0. The largest absolute Gasteiger partial charge is 0.309 e. The number of aromatic nitrogens is 3. The predicted octanol–water partition coefficient (Wildman–Crippen LogP) is 14.1. The van der Waals surface area contributed by atoms with Gasteiger partial charge in [-0.25, -0.2) is 9.97 Å². The van der Waals surface area contributed by atoms with Crippen LogP contribution >= 0.6 is 0 Å². The summed E-state index contributed by atoms with van der Waals surface area (Å²) in [5.74, 6) is 0.809. The van der Waals surface area contributed by atoms with E-state index in [-0.39, 0.29) is 5.92 Å². The van der Waals surface area contributed by atoms with Crippen molar-refractivity contribution in [3.63, 3.8) is 0 Å². The first-order chi connectivity index (χ1) is 29.2. The van der Waals surface area contributed by atoms with E-state index in [1.807, 2.05) is 0 Å². The SMILES string of the molecule is C1=CC2=CC(C=C1)c1c(ccc3ccccc13)N2c1nc(-c2ccc3c(c2)c2ccccc2n3-c2ccc(-c3ccc(-c4ccccc4)cc3)cc2)c2ccccc2n1. The lowest BCUT2D eigenvalue weighted by Crippen LogP contribution is -2.24. The molecule has 0 saturated carbocycles. The molecule has 1 aliphatic carbocycles. The van der Waals surface area contributed by atoms with Crippen molar-refractivity contribution in [3.8, 4) is 39.2 Å². The molecule has 0 fully saturated rings. The number of nitrogens with zero attached hydrogens (tertiary/aromatic N) is 4. The van der Waals surface area contributed by atoms with Crippen molar-refractivity contribution >= 4 is 55.1 Å². The average molecular weight is 753 g/mol. The number of benzene rings is 8. The maximum absolute atomic E-state index is 5.48. The first-order valence-corrected chi connectivity index (χ1v) is 20.2. The number of fused-ring (bicyclic) bond motifs is 9. The molecule has 0 radical (unpaired) electrons. The standard InChI is InChI=1S/C55H36N4/c1-2-12-36(13-3-1)37-22-24-38(25-23-37)39-26-30-43(31-27-39)58-50-21-11-9-18-46(50)48-35-42(29-32-51(48)58)54-47-19-8-10-20-49(47)56-55(57-54)59-44-16-6-4-15-41(34-44)53-45-17-7-5-14-40(45)28-33-52(53)59/h1-35,41H. The Hall–Kier alpha value is -7.82. The summed E-state index contributed by atoms with van der Waals surface area (Å²) in [7, 11) is 0. The number of hydrogen-bond donors (Lipinski definition) is 0. The number of hydrogen-bond acceptors (Lipinski definition) is 3. The highest BCUT2D eigenvalue weighted by atomic mass is 15.3. The van der Waals surface area contributed by atoms with E-state index < -0.39 is 0 Å². The average Bonchev–Trinajstić information content (AvgIpc) is 3.49. The third kappa shape index (κ3) is 5.45. The zero-order chi connectivity index (χ0) is 38.9. The molecule has 3 heterocycles. The molecule has 4 heteroatoms. The molecule has 2 aromatic heterocycles. The highest BCUT2D eigenvalue weighted by molar-refractivity contribution is 6.11. The Morgan fingerprint density at radius 1 is 0.458 bits per heavy atom. The minimum atomic E-state index is 0.152. The topological polar surface area (TPSA) is 34.0 Å². The summed E-state index contributed by atoms with van der Waals surface area (Å²) in [6.07, 6.45) is 11.1. The molecule has 59 heavy (non-hydrogen) atoms. The van der Waals surface area contributed by atoms with Crippen molar-refractivity contribution in [3.05, 3.63) is 224 Å². The van der Waals surface area contributed by atoms with E-state index in [0.717, 1.165) is 44.7 Å². The van der Waals surface area contributed by atoms with Crippen LogP contribution in [0, 0.1) is 0 Å². The Labute approximate surface area is 342 Å².